The van der Waals surface area contributed by atoms with Crippen molar-refractivity contribution in [3.8, 4) is 0 Å². The number of nitrogens with two attached hydrogens (primary N) is 1. The molecule has 0 aliphatic heterocycles. The van der Waals surface area contributed by atoms with Gasteiger partial charge in [-0.15, -0.1) is 0 Å². The van der Waals surface area contributed by atoms with E-state index in [-0.39, 0.29) is 0 Å². The maximum absolute atomic E-state index is 11.5. The molecule has 1 fully saturated rings. The van der Waals surface area contributed by atoms with E-state index in [1.165, 1.54) is 0 Å². The van der Waals surface area contributed by atoms with E-state index in [2.05, 4.69) is 12.2 Å². The first-order chi connectivity index (χ1) is 8.86. The summed E-state index contributed by atoms with van der Waals surface area (Å²) in [6, 6.07) is -1.42. The number of amides is 3. The summed E-state index contributed by atoms with van der Waals surface area (Å²) < 4.78 is 0. The molecule has 6 nitrogen and oxygen atoms in total. The molecule has 0 aromatic rings. The monoisotopic (exact) mass is 271 g/mol. The van der Waals surface area contributed by atoms with Gasteiger partial charge in [0.1, 0.15) is 0 Å². The summed E-state index contributed by atoms with van der Waals surface area (Å²) in [6.07, 6.45) is 4.71. The number of carbonyl (C=O) groups excluding carboxylic acids is 2. The van der Waals surface area contributed by atoms with E-state index < -0.39 is 23.6 Å². The van der Waals surface area contributed by atoms with Gasteiger partial charge >= 0.3 is 6.03 Å². The largest absolute Gasteiger partial charge is 0.389 e. The van der Waals surface area contributed by atoms with Crippen LogP contribution in [-0.2, 0) is 4.79 Å². The minimum Gasteiger partial charge on any atom is -0.389 e. The Morgan fingerprint density at radius 3 is 2.47 bits per heavy atom. The molecule has 1 aliphatic rings. The lowest BCUT2D eigenvalue weighted by Crippen LogP contribution is -2.51. The lowest BCUT2D eigenvalue weighted by Gasteiger charge is -2.36. The second-order valence-electron chi connectivity index (χ2n) is 5.53. The third-order valence-corrected chi connectivity index (χ3v) is 3.99. The maximum atomic E-state index is 11.5. The minimum absolute atomic E-state index is 0.358. The van der Waals surface area contributed by atoms with Gasteiger partial charge in [0.25, 0.3) is 0 Å². The minimum atomic E-state index is -0.860. The molecule has 1 saturated carbocycles. The van der Waals surface area contributed by atoms with Crippen molar-refractivity contribution < 1.29 is 14.7 Å². The van der Waals surface area contributed by atoms with Crippen LogP contribution >= 0.6 is 0 Å². The highest BCUT2D eigenvalue weighted by atomic mass is 16.3. The molecule has 1 rings (SSSR count). The number of hydrogen-bond acceptors (Lipinski definition) is 4. The van der Waals surface area contributed by atoms with Crippen molar-refractivity contribution in [1.29, 1.82) is 0 Å². The van der Waals surface area contributed by atoms with Crippen LogP contribution in [0.3, 0.4) is 0 Å². The first-order valence-electron chi connectivity index (χ1n) is 6.92. The van der Waals surface area contributed by atoms with Crippen molar-refractivity contribution >= 4 is 11.9 Å². The summed E-state index contributed by atoms with van der Waals surface area (Å²) in [6.45, 7) is 4.17. The Bertz CT molecular complexity index is 325. The van der Waals surface area contributed by atoms with Crippen LogP contribution in [0.4, 0.5) is 4.79 Å². The molecule has 0 aromatic carbocycles. The molecule has 1 atom stereocenters. The zero-order valence-electron chi connectivity index (χ0n) is 11.7. The number of urea groups is 1. The van der Waals surface area contributed by atoms with Crippen LogP contribution in [0.2, 0.25) is 0 Å². The van der Waals surface area contributed by atoms with E-state index in [1.807, 2.05) is 5.32 Å². The summed E-state index contributed by atoms with van der Waals surface area (Å²) >= 11 is 0. The van der Waals surface area contributed by atoms with Gasteiger partial charge in [0.05, 0.1) is 11.6 Å². The first kappa shape index (κ1) is 15.9. The van der Waals surface area contributed by atoms with Crippen molar-refractivity contribution in [2.24, 2.45) is 11.7 Å². The van der Waals surface area contributed by atoms with Gasteiger partial charge in [-0.3, -0.25) is 10.1 Å². The van der Waals surface area contributed by atoms with Crippen molar-refractivity contribution in [2.45, 2.75) is 57.6 Å². The topological polar surface area (TPSA) is 104 Å². The second-order valence-corrected chi connectivity index (χ2v) is 5.53. The molecule has 0 spiro atoms. The molecule has 0 radical (unpaired) electrons. The lowest BCUT2D eigenvalue weighted by molar-refractivity contribution is -0.122. The normalized spacial score (nSPS) is 28.7. The zero-order chi connectivity index (χ0) is 14.5. The van der Waals surface area contributed by atoms with Crippen LogP contribution in [0, 0.1) is 5.92 Å². The first-order valence-corrected chi connectivity index (χ1v) is 6.92. The number of hydrogen-bond donors (Lipinski definition) is 4. The van der Waals surface area contributed by atoms with Crippen LogP contribution in [0.15, 0.2) is 0 Å². The number of primary amides is 1. The highest BCUT2D eigenvalue weighted by Gasteiger charge is 2.33. The number of rotatable bonds is 5. The van der Waals surface area contributed by atoms with E-state index in [4.69, 9.17) is 5.73 Å². The molecule has 0 bridgehead atoms. The van der Waals surface area contributed by atoms with Gasteiger partial charge in [0.15, 0.2) is 0 Å². The molecule has 1 aliphatic carbocycles. The Labute approximate surface area is 114 Å². The Hall–Kier alpha value is -1.14. The molecule has 6 heteroatoms. The quantitative estimate of drug-likeness (QED) is 0.584. The van der Waals surface area contributed by atoms with Crippen LogP contribution in [-0.4, -0.2) is 35.2 Å². The molecule has 0 aromatic heterocycles. The highest BCUT2D eigenvalue weighted by molar-refractivity contribution is 5.96. The highest BCUT2D eigenvalue weighted by Crippen LogP contribution is 2.33. The van der Waals surface area contributed by atoms with E-state index in [1.54, 1.807) is 6.92 Å². The number of carbonyl (C=O) groups is 2. The predicted molar refractivity (Wildman–Crippen MR) is 72.4 cm³/mol. The zero-order valence-corrected chi connectivity index (χ0v) is 11.7. The Kier molecular flexibility index (Phi) is 5.75. The van der Waals surface area contributed by atoms with Gasteiger partial charge in [-0.05, 0) is 38.5 Å². The van der Waals surface area contributed by atoms with Gasteiger partial charge in [-0.2, -0.15) is 0 Å². The van der Waals surface area contributed by atoms with Gasteiger partial charge in [-0.1, -0.05) is 13.3 Å². The fraction of sp³-hybridized carbons (Fsp3) is 0.846. The predicted octanol–water partition coefficient (Wildman–Crippen LogP) is 0.491. The van der Waals surface area contributed by atoms with Crippen LogP contribution in [0.25, 0.3) is 0 Å². The molecule has 19 heavy (non-hydrogen) atoms. The van der Waals surface area contributed by atoms with Crippen molar-refractivity contribution in [3.63, 3.8) is 0 Å². The fourth-order valence-corrected chi connectivity index (χ4v) is 2.47. The molecule has 5 N–H and O–H groups in total. The Balaban J connectivity index is 2.35. The van der Waals surface area contributed by atoms with Gasteiger partial charge in [0, 0.05) is 6.54 Å². The summed E-state index contributed by atoms with van der Waals surface area (Å²) in [4.78, 5) is 22.0. The van der Waals surface area contributed by atoms with E-state index in [9.17, 15) is 14.7 Å². The van der Waals surface area contributed by atoms with Crippen LogP contribution in [0.5, 0.6) is 0 Å². The third-order valence-electron chi connectivity index (χ3n) is 3.99. The third kappa shape index (κ3) is 5.16. The SMILES string of the molecule is CCC1CCC(O)(CNC(C)C(=O)NC(N)=O)CC1. The van der Waals surface area contributed by atoms with Crippen molar-refractivity contribution in [2.75, 3.05) is 6.54 Å². The second kappa shape index (κ2) is 6.86. The number of aliphatic hydroxyl groups is 1. The Morgan fingerprint density at radius 2 is 2.00 bits per heavy atom. The summed E-state index contributed by atoms with van der Waals surface area (Å²) in [5, 5.41) is 15.4. The van der Waals surface area contributed by atoms with Gasteiger partial charge in [0.2, 0.25) is 5.91 Å². The average molecular weight is 271 g/mol. The standard InChI is InChI=1S/C13H25N3O3/c1-3-10-4-6-13(19,7-5-10)8-15-9(2)11(17)16-12(14)18/h9-10,15,19H,3-8H2,1-2H3,(H3,14,16,17,18). The van der Waals surface area contributed by atoms with Gasteiger partial charge in [-0.25, -0.2) is 4.79 Å². The molecule has 0 saturated heterocycles. The molecule has 110 valence electrons. The Morgan fingerprint density at radius 1 is 1.42 bits per heavy atom. The van der Waals surface area contributed by atoms with E-state index >= 15 is 0 Å². The molecule has 1 unspecified atom stereocenters. The number of imide groups is 1. The van der Waals surface area contributed by atoms with E-state index in [0.29, 0.717) is 12.5 Å². The van der Waals surface area contributed by atoms with Gasteiger partial charge < -0.3 is 16.2 Å². The van der Waals surface area contributed by atoms with Crippen molar-refractivity contribution in [3.05, 3.63) is 0 Å². The summed E-state index contributed by atoms with van der Waals surface area (Å²) in [5.74, 6) is 0.231. The number of nitrogens with one attached hydrogen (secondary N) is 2. The van der Waals surface area contributed by atoms with Crippen LogP contribution in [0.1, 0.15) is 46.0 Å². The average Bonchev–Trinajstić information content (AvgIpc) is 2.36. The molecular weight excluding hydrogens is 246 g/mol. The molecular formula is C13H25N3O3. The smallest absolute Gasteiger partial charge is 0.318 e. The maximum Gasteiger partial charge on any atom is 0.318 e. The fourth-order valence-electron chi connectivity index (χ4n) is 2.47. The molecule has 3 amide bonds. The lowest BCUT2D eigenvalue weighted by atomic mass is 9.78. The van der Waals surface area contributed by atoms with Crippen molar-refractivity contribution in [1.82, 2.24) is 10.6 Å². The van der Waals surface area contributed by atoms with Crippen LogP contribution < -0.4 is 16.4 Å². The summed E-state index contributed by atoms with van der Waals surface area (Å²) in [5.41, 5.74) is 4.14. The summed E-state index contributed by atoms with van der Waals surface area (Å²) in [7, 11) is 0. The van der Waals surface area contributed by atoms with E-state index in [0.717, 1.165) is 32.1 Å². The molecule has 0 heterocycles.